The van der Waals surface area contributed by atoms with Gasteiger partial charge in [0.05, 0.1) is 24.5 Å². The molecule has 1 saturated heterocycles. The van der Waals surface area contributed by atoms with E-state index in [1.54, 1.807) is 6.20 Å². The summed E-state index contributed by atoms with van der Waals surface area (Å²) in [4.78, 5) is 0. The Morgan fingerprint density at radius 2 is 2.62 bits per heavy atom. The molecule has 2 unspecified atom stereocenters. The topological polar surface area (TPSA) is 55.2 Å². The van der Waals surface area contributed by atoms with Gasteiger partial charge in [0.1, 0.15) is 11.8 Å². The number of hydrogen-bond acceptors (Lipinski definition) is 5. The van der Waals surface area contributed by atoms with Crippen LogP contribution in [0.2, 0.25) is 0 Å². The van der Waals surface area contributed by atoms with Crippen LogP contribution < -0.4 is 0 Å². The zero-order valence-corrected chi connectivity index (χ0v) is 8.04. The van der Waals surface area contributed by atoms with Gasteiger partial charge in [0.25, 0.3) is 0 Å². The molecule has 1 fully saturated rings. The molecule has 2 rings (SSSR count). The van der Waals surface area contributed by atoms with Crippen molar-refractivity contribution >= 4 is 11.7 Å². The largest absolute Gasteiger partial charge is 0.386 e. The lowest BCUT2D eigenvalue weighted by Gasteiger charge is -2.25. The second kappa shape index (κ2) is 4.13. The molecule has 0 bridgehead atoms. The summed E-state index contributed by atoms with van der Waals surface area (Å²) in [5.41, 5.74) is 0.681. The number of ether oxygens (including phenoxy) is 1. The van der Waals surface area contributed by atoms with E-state index in [0.717, 1.165) is 31.2 Å². The van der Waals surface area contributed by atoms with Gasteiger partial charge >= 0.3 is 0 Å². The van der Waals surface area contributed by atoms with E-state index in [2.05, 4.69) is 8.75 Å². The van der Waals surface area contributed by atoms with Gasteiger partial charge in [-0.25, -0.2) is 0 Å². The summed E-state index contributed by atoms with van der Waals surface area (Å²) in [6, 6.07) is 0. The molecule has 0 aromatic carbocycles. The predicted molar refractivity (Wildman–Crippen MR) is 48.4 cm³/mol. The highest BCUT2D eigenvalue weighted by molar-refractivity contribution is 6.99. The van der Waals surface area contributed by atoms with Crippen LogP contribution in [0.25, 0.3) is 0 Å². The fourth-order valence-electron chi connectivity index (χ4n) is 1.56. The van der Waals surface area contributed by atoms with Gasteiger partial charge < -0.3 is 9.84 Å². The van der Waals surface area contributed by atoms with Crippen molar-refractivity contribution in [2.75, 3.05) is 13.2 Å². The Labute approximate surface area is 80.9 Å². The predicted octanol–water partition coefficient (Wildman–Crippen LogP) is 0.998. The normalized spacial score (nSPS) is 25.8. The molecule has 0 amide bonds. The van der Waals surface area contributed by atoms with Crippen LogP contribution >= 0.6 is 11.7 Å². The van der Waals surface area contributed by atoms with Crippen molar-refractivity contribution in [1.82, 2.24) is 8.75 Å². The average molecular weight is 200 g/mol. The fourth-order valence-corrected chi connectivity index (χ4v) is 2.01. The van der Waals surface area contributed by atoms with Crippen LogP contribution in [0.1, 0.15) is 24.6 Å². The van der Waals surface area contributed by atoms with Gasteiger partial charge in [0.15, 0.2) is 0 Å². The van der Waals surface area contributed by atoms with Gasteiger partial charge in [-0.15, -0.1) is 0 Å². The molecule has 72 valence electrons. The first-order chi connectivity index (χ1) is 6.38. The van der Waals surface area contributed by atoms with Crippen molar-refractivity contribution in [3.8, 4) is 0 Å². The number of rotatable bonds is 2. The lowest BCUT2D eigenvalue weighted by molar-refractivity contribution is -0.0113. The number of hydrogen-bond donors (Lipinski definition) is 1. The standard InChI is InChI=1S/C8H12N2O2S/c11-8(7-4-9-13-10-7)6-2-1-3-12-5-6/h4,6,8,11H,1-3,5H2. The minimum atomic E-state index is -0.501. The molecule has 1 aromatic rings. The summed E-state index contributed by atoms with van der Waals surface area (Å²) in [5, 5.41) is 9.86. The van der Waals surface area contributed by atoms with Gasteiger partial charge in [-0.05, 0) is 12.8 Å². The molecule has 2 atom stereocenters. The Morgan fingerprint density at radius 3 is 3.23 bits per heavy atom. The molecule has 13 heavy (non-hydrogen) atoms. The third-order valence-electron chi connectivity index (χ3n) is 2.32. The molecular weight excluding hydrogens is 188 g/mol. The summed E-state index contributed by atoms with van der Waals surface area (Å²) >= 11 is 1.13. The highest BCUT2D eigenvalue weighted by atomic mass is 32.1. The Bertz CT molecular complexity index is 247. The molecule has 4 nitrogen and oxygen atoms in total. The molecule has 1 aromatic heterocycles. The monoisotopic (exact) mass is 200 g/mol. The third-order valence-corrected chi connectivity index (χ3v) is 2.82. The van der Waals surface area contributed by atoms with Crippen molar-refractivity contribution in [2.45, 2.75) is 18.9 Å². The average Bonchev–Trinajstić information content (AvgIpc) is 2.71. The van der Waals surface area contributed by atoms with E-state index in [4.69, 9.17) is 4.74 Å². The summed E-state index contributed by atoms with van der Waals surface area (Å²) in [6.45, 7) is 1.46. The van der Waals surface area contributed by atoms with E-state index < -0.39 is 6.10 Å². The van der Waals surface area contributed by atoms with Crippen molar-refractivity contribution in [1.29, 1.82) is 0 Å². The van der Waals surface area contributed by atoms with Crippen LogP contribution in [0, 0.1) is 5.92 Å². The second-order valence-corrected chi connectivity index (χ2v) is 3.81. The maximum atomic E-state index is 9.86. The van der Waals surface area contributed by atoms with Crippen LogP contribution in [-0.2, 0) is 4.74 Å². The molecule has 1 aliphatic rings. The van der Waals surface area contributed by atoms with Crippen molar-refractivity contribution in [2.24, 2.45) is 5.92 Å². The summed E-state index contributed by atoms with van der Waals surface area (Å²) in [5.74, 6) is 0.192. The zero-order valence-electron chi connectivity index (χ0n) is 7.22. The lowest BCUT2D eigenvalue weighted by atomic mass is 9.94. The fraction of sp³-hybridized carbons (Fsp3) is 0.750. The molecule has 1 N–H and O–H groups in total. The summed E-state index contributed by atoms with van der Waals surface area (Å²) in [7, 11) is 0. The molecule has 5 heteroatoms. The molecular formula is C8H12N2O2S. The molecule has 0 saturated carbocycles. The minimum absolute atomic E-state index is 0.192. The van der Waals surface area contributed by atoms with Crippen molar-refractivity contribution in [3.05, 3.63) is 11.9 Å². The van der Waals surface area contributed by atoms with E-state index in [1.165, 1.54) is 0 Å². The molecule has 0 aliphatic carbocycles. The van der Waals surface area contributed by atoms with Crippen LogP contribution in [-0.4, -0.2) is 27.1 Å². The third kappa shape index (κ3) is 2.04. The Morgan fingerprint density at radius 1 is 1.69 bits per heavy atom. The Kier molecular flexibility index (Phi) is 2.87. The smallest absolute Gasteiger partial charge is 0.104 e. The highest BCUT2D eigenvalue weighted by Gasteiger charge is 2.25. The second-order valence-electron chi connectivity index (χ2n) is 3.25. The number of aromatic nitrogens is 2. The van der Waals surface area contributed by atoms with Gasteiger partial charge in [-0.2, -0.15) is 8.75 Å². The first kappa shape index (κ1) is 9.05. The first-order valence-corrected chi connectivity index (χ1v) is 5.14. The van der Waals surface area contributed by atoms with Crippen LogP contribution in [0.4, 0.5) is 0 Å². The Balaban J connectivity index is 1.99. The minimum Gasteiger partial charge on any atom is -0.386 e. The summed E-state index contributed by atoms with van der Waals surface area (Å²) < 4.78 is 13.2. The van der Waals surface area contributed by atoms with Crippen LogP contribution in [0.15, 0.2) is 6.20 Å². The summed E-state index contributed by atoms with van der Waals surface area (Å²) in [6.07, 6.45) is 3.17. The van der Waals surface area contributed by atoms with E-state index in [9.17, 15) is 5.11 Å². The molecule has 0 spiro atoms. The van der Waals surface area contributed by atoms with Crippen LogP contribution in [0.5, 0.6) is 0 Å². The maximum absolute atomic E-state index is 9.86. The van der Waals surface area contributed by atoms with E-state index in [-0.39, 0.29) is 5.92 Å². The van der Waals surface area contributed by atoms with Gasteiger partial charge in [0, 0.05) is 12.5 Å². The van der Waals surface area contributed by atoms with Crippen LogP contribution in [0.3, 0.4) is 0 Å². The van der Waals surface area contributed by atoms with Gasteiger partial charge in [-0.1, -0.05) is 0 Å². The number of aliphatic hydroxyl groups excluding tert-OH is 1. The zero-order chi connectivity index (χ0) is 9.10. The maximum Gasteiger partial charge on any atom is 0.104 e. The quantitative estimate of drug-likeness (QED) is 0.773. The SMILES string of the molecule is OC(c1cnsn1)C1CCCOC1. The molecule has 1 aliphatic heterocycles. The Hall–Kier alpha value is -0.520. The number of nitrogens with zero attached hydrogens (tertiary/aromatic N) is 2. The highest BCUT2D eigenvalue weighted by Crippen LogP contribution is 2.27. The first-order valence-electron chi connectivity index (χ1n) is 4.41. The van der Waals surface area contributed by atoms with E-state index in [0.29, 0.717) is 12.3 Å². The number of aliphatic hydroxyl groups is 1. The molecule has 2 heterocycles. The van der Waals surface area contributed by atoms with Crippen molar-refractivity contribution in [3.63, 3.8) is 0 Å². The van der Waals surface area contributed by atoms with Gasteiger partial charge in [-0.3, -0.25) is 0 Å². The van der Waals surface area contributed by atoms with Crippen molar-refractivity contribution < 1.29 is 9.84 Å². The van der Waals surface area contributed by atoms with E-state index in [1.807, 2.05) is 0 Å². The van der Waals surface area contributed by atoms with E-state index >= 15 is 0 Å². The lowest BCUT2D eigenvalue weighted by Crippen LogP contribution is -2.23. The molecule has 0 radical (unpaired) electrons. The van der Waals surface area contributed by atoms with Gasteiger partial charge in [0.2, 0.25) is 0 Å².